The quantitative estimate of drug-likeness (QED) is 0.485. The van der Waals surface area contributed by atoms with Crippen LogP contribution >= 0.6 is 0 Å². The molecule has 2 atom stereocenters. The number of aliphatic hydroxyl groups excluding tert-OH is 1. The summed E-state index contributed by atoms with van der Waals surface area (Å²) in [6.45, 7) is 2.30. The average Bonchev–Trinajstić information content (AvgIpc) is 3.22. The molecule has 194 valence electrons. The molecule has 4 rings (SSSR count). The van der Waals surface area contributed by atoms with Crippen molar-refractivity contribution in [3.63, 3.8) is 0 Å². The molecule has 1 aliphatic carbocycles. The molecule has 1 aliphatic heterocycles. The van der Waals surface area contributed by atoms with E-state index in [1.807, 2.05) is 25.1 Å². The summed E-state index contributed by atoms with van der Waals surface area (Å²) in [6.07, 6.45) is -1.99. The van der Waals surface area contributed by atoms with E-state index in [4.69, 9.17) is 0 Å². The Morgan fingerprint density at radius 1 is 1.14 bits per heavy atom. The number of aryl methyl sites for hydroxylation is 1. The number of hydrogen-bond acceptors (Lipinski definition) is 5. The number of alkyl halides is 3. The lowest BCUT2D eigenvalue weighted by molar-refractivity contribution is -0.137. The zero-order valence-corrected chi connectivity index (χ0v) is 20.1. The molecular formula is C26H31F3N4O3. The van der Waals surface area contributed by atoms with Crippen LogP contribution in [0.5, 0.6) is 0 Å². The van der Waals surface area contributed by atoms with E-state index >= 15 is 0 Å². The van der Waals surface area contributed by atoms with Gasteiger partial charge < -0.3 is 21.1 Å². The van der Waals surface area contributed by atoms with Gasteiger partial charge in [0.1, 0.15) is 0 Å². The fourth-order valence-electron chi connectivity index (χ4n) is 5.46. The molecule has 2 aromatic rings. The first kappa shape index (κ1) is 26.1. The first-order valence-corrected chi connectivity index (χ1v) is 12.2. The predicted octanol–water partition coefficient (Wildman–Crippen LogP) is 2.93. The lowest BCUT2D eigenvalue weighted by atomic mass is 9.69. The summed E-state index contributed by atoms with van der Waals surface area (Å²) in [5.74, 6) is -0.916. The highest BCUT2D eigenvalue weighted by molar-refractivity contribution is 5.96. The first-order chi connectivity index (χ1) is 17.1. The number of halogens is 3. The van der Waals surface area contributed by atoms with Crippen molar-refractivity contribution < 1.29 is 27.9 Å². The summed E-state index contributed by atoms with van der Waals surface area (Å²) in [6, 6.07) is 10.0. The number of β-amino-alcohol motifs (C(OH)–C–C–N with tert-alkyl or cyclic N) is 1. The minimum atomic E-state index is -4.57. The zero-order chi connectivity index (χ0) is 25.9. The highest BCUT2D eigenvalue weighted by Gasteiger charge is 2.50. The van der Waals surface area contributed by atoms with Gasteiger partial charge in [0.15, 0.2) is 0 Å². The van der Waals surface area contributed by atoms with Gasteiger partial charge in [0.2, 0.25) is 5.91 Å². The predicted molar refractivity (Wildman–Crippen MR) is 127 cm³/mol. The van der Waals surface area contributed by atoms with Gasteiger partial charge in [-0.1, -0.05) is 12.1 Å². The molecule has 1 saturated heterocycles. The number of nitrogens with zero attached hydrogens (tertiary/aromatic N) is 1. The molecule has 4 N–H and O–H groups in total. The van der Waals surface area contributed by atoms with E-state index in [9.17, 15) is 27.9 Å². The molecule has 0 unspecified atom stereocenters. The molecule has 7 nitrogen and oxygen atoms in total. The molecule has 10 heteroatoms. The second-order valence-electron chi connectivity index (χ2n) is 9.75. The van der Waals surface area contributed by atoms with Gasteiger partial charge in [0, 0.05) is 36.0 Å². The Morgan fingerprint density at radius 3 is 2.50 bits per heavy atom. The number of carbonyl (C=O) groups is 2. The minimum absolute atomic E-state index is 0.0340. The molecule has 2 amide bonds. The Labute approximate surface area is 207 Å². The fourth-order valence-corrected chi connectivity index (χ4v) is 5.46. The van der Waals surface area contributed by atoms with Crippen LogP contribution in [0.3, 0.4) is 0 Å². The average molecular weight is 505 g/mol. The number of carbonyl (C=O) groups excluding carboxylic acids is 2. The van der Waals surface area contributed by atoms with Crippen LogP contribution in [0.1, 0.15) is 58.9 Å². The summed E-state index contributed by atoms with van der Waals surface area (Å²) in [7, 11) is 0. The summed E-state index contributed by atoms with van der Waals surface area (Å²) in [4.78, 5) is 29.9. The Morgan fingerprint density at radius 2 is 1.86 bits per heavy atom. The third-order valence-electron chi connectivity index (χ3n) is 7.37. The third kappa shape index (κ3) is 5.70. The van der Waals surface area contributed by atoms with Crippen LogP contribution in [-0.2, 0) is 11.0 Å². The van der Waals surface area contributed by atoms with Crippen LogP contribution in [0.25, 0.3) is 0 Å². The monoisotopic (exact) mass is 504 g/mol. The van der Waals surface area contributed by atoms with Crippen LogP contribution in [0.15, 0.2) is 42.5 Å². The Balaban J connectivity index is 1.37. The van der Waals surface area contributed by atoms with Gasteiger partial charge in [0.05, 0.1) is 23.8 Å². The van der Waals surface area contributed by atoms with Gasteiger partial charge >= 0.3 is 6.18 Å². The summed E-state index contributed by atoms with van der Waals surface area (Å²) in [5, 5.41) is 19.3. The number of pyridine rings is 1. The lowest BCUT2D eigenvalue weighted by Gasteiger charge is -2.43. The highest BCUT2D eigenvalue weighted by Crippen LogP contribution is 2.42. The molecule has 0 radical (unpaired) electrons. The maximum Gasteiger partial charge on any atom is 0.416 e. The van der Waals surface area contributed by atoms with Crippen LogP contribution in [0.4, 0.5) is 13.2 Å². The second kappa shape index (κ2) is 10.6. The standard InChI is InChI=1S/C26H31F3N4O3/c1-16-4-2-7-21(32-16)17-8-10-19(11-9-17)25(15-30-13-22(25)34)33-23(35)14-31-24(36)18-5-3-6-20(12-18)26(27,28)29/h2-7,12,17,19,22,30,34H,8-11,13-15H2,1H3,(H,31,36)(H,33,35)/t17?,19?,22-,25+/m0/s1. The Hall–Kier alpha value is -2.98. The highest BCUT2D eigenvalue weighted by atomic mass is 19.4. The topological polar surface area (TPSA) is 103 Å². The number of aromatic nitrogens is 1. The van der Waals surface area contributed by atoms with E-state index in [0.717, 1.165) is 55.3 Å². The molecule has 1 aromatic heterocycles. The van der Waals surface area contributed by atoms with Gasteiger partial charge in [-0.05, 0) is 68.9 Å². The zero-order valence-electron chi connectivity index (χ0n) is 20.1. The number of aliphatic hydroxyl groups is 1. The van der Waals surface area contributed by atoms with E-state index in [1.165, 1.54) is 6.07 Å². The van der Waals surface area contributed by atoms with Crippen molar-refractivity contribution in [2.45, 2.75) is 56.3 Å². The Bertz CT molecular complexity index is 1100. The van der Waals surface area contributed by atoms with E-state index in [2.05, 4.69) is 20.9 Å². The second-order valence-corrected chi connectivity index (χ2v) is 9.75. The summed E-state index contributed by atoms with van der Waals surface area (Å²) >= 11 is 0. The van der Waals surface area contributed by atoms with Crippen molar-refractivity contribution in [2.75, 3.05) is 19.6 Å². The Kier molecular flexibility index (Phi) is 7.65. The summed E-state index contributed by atoms with van der Waals surface area (Å²) < 4.78 is 38.8. The smallest absolute Gasteiger partial charge is 0.389 e. The molecule has 2 heterocycles. The fraction of sp³-hybridized carbons (Fsp3) is 0.500. The van der Waals surface area contributed by atoms with Crippen molar-refractivity contribution in [3.8, 4) is 0 Å². The minimum Gasteiger partial charge on any atom is -0.389 e. The van der Waals surface area contributed by atoms with Crippen molar-refractivity contribution in [2.24, 2.45) is 5.92 Å². The summed E-state index contributed by atoms with van der Waals surface area (Å²) in [5.41, 5.74) is 0.0475. The van der Waals surface area contributed by atoms with Crippen LogP contribution in [0, 0.1) is 12.8 Å². The van der Waals surface area contributed by atoms with Gasteiger partial charge in [-0.15, -0.1) is 0 Å². The van der Waals surface area contributed by atoms with Crippen molar-refractivity contribution in [3.05, 3.63) is 65.0 Å². The number of hydrogen-bond donors (Lipinski definition) is 4. The third-order valence-corrected chi connectivity index (χ3v) is 7.37. The maximum absolute atomic E-state index is 12.9. The number of amides is 2. The number of benzene rings is 1. The van der Waals surface area contributed by atoms with E-state index in [1.54, 1.807) is 0 Å². The molecule has 0 spiro atoms. The van der Waals surface area contributed by atoms with E-state index in [0.29, 0.717) is 19.0 Å². The van der Waals surface area contributed by atoms with Crippen molar-refractivity contribution >= 4 is 11.8 Å². The molecule has 1 aromatic carbocycles. The SMILES string of the molecule is Cc1cccc(C2CCC([C@]3(NC(=O)CNC(=O)c4cccc(C(F)(F)F)c4)CNC[C@@H]3O)CC2)n1. The van der Waals surface area contributed by atoms with E-state index < -0.39 is 41.7 Å². The molecule has 0 bridgehead atoms. The van der Waals surface area contributed by atoms with Crippen LogP contribution in [-0.4, -0.2) is 53.2 Å². The molecule has 2 fully saturated rings. The largest absolute Gasteiger partial charge is 0.416 e. The first-order valence-electron chi connectivity index (χ1n) is 12.2. The van der Waals surface area contributed by atoms with Gasteiger partial charge in [-0.25, -0.2) is 0 Å². The number of rotatable bonds is 6. The van der Waals surface area contributed by atoms with Crippen LogP contribution < -0.4 is 16.0 Å². The normalized spacial score (nSPS) is 26.4. The van der Waals surface area contributed by atoms with Gasteiger partial charge in [-0.2, -0.15) is 13.2 Å². The van der Waals surface area contributed by atoms with Gasteiger partial charge in [-0.3, -0.25) is 14.6 Å². The molecular weight excluding hydrogens is 473 g/mol. The van der Waals surface area contributed by atoms with Crippen molar-refractivity contribution in [1.29, 1.82) is 0 Å². The molecule has 36 heavy (non-hydrogen) atoms. The van der Waals surface area contributed by atoms with Gasteiger partial charge in [0.25, 0.3) is 5.91 Å². The maximum atomic E-state index is 12.9. The van der Waals surface area contributed by atoms with Crippen molar-refractivity contribution in [1.82, 2.24) is 20.9 Å². The molecule has 2 aliphatic rings. The lowest BCUT2D eigenvalue weighted by Crippen LogP contribution is -2.63. The number of nitrogens with one attached hydrogen (secondary N) is 3. The van der Waals surface area contributed by atoms with E-state index in [-0.39, 0.29) is 11.5 Å². The molecule has 1 saturated carbocycles. The van der Waals surface area contributed by atoms with Crippen LogP contribution in [0.2, 0.25) is 0 Å².